The molecule has 1 atom stereocenters. The third-order valence-corrected chi connectivity index (χ3v) is 5.84. The number of amides is 2. The van der Waals surface area contributed by atoms with Gasteiger partial charge >= 0.3 is 0 Å². The molecule has 166 valence electrons. The van der Waals surface area contributed by atoms with Crippen LogP contribution < -0.4 is 19.7 Å². The standard InChI is InChI=1S/C23H23ClN4O4/c1-27-22-16(13-25-27)18(26-21(29)15-6-4-5-7-17(15)24)10-11-28(22)23(30)14-8-9-19(31-2)20(12-14)32-3/h4-9,12-13,18H,10-11H2,1-3H3,(H,26,29). The topological polar surface area (TPSA) is 85.7 Å². The number of hydrogen-bond acceptors (Lipinski definition) is 5. The summed E-state index contributed by atoms with van der Waals surface area (Å²) in [4.78, 5) is 27.8. The quantitative estimate of drug-likeness (QED) is 0.636. The molecular weight excluding hydrogens is 432 g/mol. The summed E-state index contributed by atoms with van der Waals surface area (Å²) in [7, 11) is 4.84. The first-order chi connectivity index (χ1) is 15.4. The van der Waals surface area contributed by atoms with Gasteiger partial charge in [0, 0.05) is 24.7 Å². The summed E-state index contributed by atoms with van der Waals surface area (Å²) in [5.41, 5.74) is 1.64. The molecule has 1 aromatic heterocycles. The number of carbonyl (C=O) groups excluding carboxylic acids is 2. The van der Waals surface area contributed by atoms with E-state index >= 15 is 0 Å². The van der Waals surface area contributed by atoms with E-state index in [0.717, 1.165) is 5.56 Å². The van der Waals surface area contributed by atoms with Crippen LogP contribution in [0, 0.1) is 0 Å². The molecule has 9 heteroatoms. The second-order valence-electron chi connectivity index (χ2n) is 7.37. The van der Waals surface area contributed by atoms with Crippen LogP contribution >= 0.6 is 11.6 Å². The van der Waals surface area contributed by atoms with Crippen molar-refractivity contribution in [3.63, 3.8) is 0 Å². The summed E-state index contributed by atoms with van der Waals surface area (Å²) in [5, 5.41) is 7.75. The molecule has 2 aromatic carbocycles. The lowest BCUT2D eigenvalue weighted by molar-refractivity contribution is 0.0933. The van der Waals surface area contributed by atoms with E-state index in [0.29, 0.717) is 46.4 Å². The van der Waals surface area contributed by atoms with Crippen molar-refractivity contribution in [3.8, 4) is 11.5 Å². The first-order valence-electron chi connectivity index (χ1n) is 10.1. The zero-order chi connectivity index (χ0) is 22.8. The van der Waals surface area contributed by atoms with E-state index in [2.05, 4.69) is 10.4 Å². The number of nitrogens with one attached hydrogen (secondary N) is 1. The molecule has 1 aliphatic heterocycles. The van der Waals surface area contributed by atoms with Crippen molar-refractivity contribution < 1.29 is 19.1 Å². The number of nitrogens with zero attached hydrogens (tertiary/aromatic N) is 3. The molecule has 2 heterocycles. The lowest BCUT2D eigenvalue weighted by Crippen LogP contribution is -2.41. The van der Waals surface area contributed by atoms with Crippen LogP contribution in [0.5, 0.6) is 11.5 Å². The zero-order valence-corrected chi connectivity index (χ0v) is 18.7. The number of halogens is 1. The summed E-state index contributed by atoms with van der Waals surface area (Å²) in [5.74, 6) is 1.21. The summed E-state index contributed by atoms with van der Waals surface area (Å²) in [6, 6.07) is 11.7. The van der Waals surface area contributed by atoms with Crippen LogP contribution in [0.25, 0.3) is 0 Å². The molecule has 3 aromatic rings. The number of fused-ring (bicyclic) bond motifs is 1. The summed E-state index contributed by atoms with van der Waals surface area (Å²) < 4.78 is 12.2. The number of ether oxygens (including phenoxy) is 2. The molecule has 1 unspecified atom stereocenters. The van der Waals surface area contributed by atoms with Gasteiger partial charge in [0.15, 0.2) is 11.5 Å². The molecule has 0 saturated heterocycles. The van der Waals surface area contributed by atoms with E-state index in [-0.39, 0.29) is 17.9 Å². The summed E-state index contributed by atoms with van der Waals surface area (Å²) in [6.45, 7) is 0.410. The zero-order valence-electron chi connectivity index (χ0n) is 18.0. The van der Waals surface area contributed by atoms with Crippen LogP contribution in [0.15, 0.2) is 48.7 Å². The van der Waals surface area contributed by atoms with Crippen LogP contribution in [-0.4, -0.2) is 42.4 Å². The Morgan fingerprint density at radius 1 is 1.12 bits per heavy atom. The third kappa shape index (κ3) is 3.89. The van der Waals surface area contributed by atoms with Gasteiger partial charge in [0.05, 0.1) is 37.0 Å². The number of carbonyl (C=O) groups is 2. The van der Waals surface area contributed by atoms with Crippen molar-refractivity contribution >= 4 is 29.2 Å². The van der Waals surface area contributed by atoms with E-state index in [4.69, 9.17) is 21.1 Å². The third-order valence-electron chi connectivity index (χ3n) is 5.51. The SMILES string of the molecule is COc1ccc(C(=O)N2CCC(NC(=O)c3ccccc3Cl)c3cnn(C)c32)cc1OC. The highest BCUT2D eigenvalue weighted by Crippen LogP contribution is 2.36. The molecule has 0 aliphatic carbocycles. The number of rotatable bonds is 5. The van der Waals surface area contributed by atoms with Crippen LogP contribution in [0.1, 0.15) is 38.7 Å². The first-order valence-corrected chi connectivity index (χ1v) is 10.4. The van der Waals surface area contributed by atoms with Crippen molar-refractivity contribution in [1.82, 2.24) is 15.1 Å². The van der Waals surface area contributed by atoms with Gasteiger partial charge in [0.1, 0.15) is 5.82 Å². The molecule has 32 heavy (non-hydrogen) atoms. The van der Waals surface area contributed by atoms with E-state index < -0.39 is 0 Å². The van der Waals surface area contributed by atoms with Gasteiger partial charge in [-0.1, -0.05) is 23.7 Å². The van der Waals surface area contributed by atoms with Crippen molar-refractivity contribution in [2.75, 3.05) is 25.7 Å². The number of aromatic nitrogens is 2. The lowest BCUT2D eigenvalue weighted by atomic mass is 10.00. The van der Waals surface area contributed by atoms with Crippen LogP contribution in [-0.2, 0) is 7.05 Å². The Labute approximate surface area is 190 Å². The van der Waals surface area contributed by atoms with Crippen molar-refractivity contribution in [2.45, 2.75) is 12.5 Å². The lowest BCUT2D eigenvalue weighted by Gasteiger charge is -2.33. The minimum absolute atomic E-state index is 0.188. The van der Waals surface area contributed by atoms with Crippen LogP contribution in [0.2, 0.25) is 5.02 Å². The monoisotopic (exact) mass is 454 g/mol. The van der Waals surface area contributed by atoms with E-state index in [9.17, 15) is 9.59 Å². The van der Waals surface area contributed by atoms with Gasteiger partial charge in [-0.15, -0.1) is 0 Å². The van der Waals surface area contributed by atoms with Gasteiger partial charge in [-0.05, 0) is 36.8 Å². The normalized spacial score (nSPS) is 15.1. The van der Waals surface area contributed by atoms with E-state index in [1.165, 1.54) is 7.11 Å². The summed E-state index contributed by atoms with van der Waals surface area (Å²) in [6.07, 6.45) is 2.22. The minimum atomic E-state index is -0.295. The molecule has 8 nitrogen and oxygen atoms in total. The Morgan fingerprint density at radius 3 is 2.59 bits per heavy atom. The van der Waals surface area contributed by atoms with Gasteiger partial charge in [-0.3, -0.25) is 19.2 Å². The largest absolute Gasteiger partial charge is 0.493 e. The summed E-state index contributed by atoms with van der Waals surface area (Å²) >= 11 is 6.17. The molecule has 0 fully saturated rings. The van der Waals surface area contributed by atoms with E-state index in [1.807, 2.05) is 0 Å². The molecule has 1 N–H and O–H groups in total. The molecular formula is C23H23ClN4O4. The van der Waals surface area contributed by atoms with Gasteiger partial charge < -0.3 is 14.8 Å². The molecule has 2 amide bonds. The van der Waals surface area contributed by atoms with Gasteiger partial charge in [0.2, 0.25) is 0 Å². The fourth-order valence-electron chi connectivity index (χ4n) is 3.90. The van der Waals surface area contributed by atoms with Crippen molar-refractivity contribution in [2.24, 2.45) is 7.05 Å². The Balaban J connectivity index is 1.61. The molecule has 0 spiro atoms. The Hall–Kier alpha value is -3.52. The van der Waals surface area contributed by atoms with E-state index in [1.54, 1.807) is 72.4 Å². The molecule has 1 aliphatic rings. The molecule has 0 saturated carbocycles. The maximum atomic E-state index is 13.4. The Morgan fingerprint density at radius 2 is 1.88 bits per heavy atom. The predicted molar refractivity (Wildman–Crippen MR) is 121 cm³/mol. The number of aryl methyl sites for hydroxylation is 1. The molecule has 0 radical (unpaired) electrons. The van der Waals surface area contributed by atoms with Gasteiger partial charge in [-0.2, -0.15) is 5.10 Å². The highest BCUT2D eigenvalue weighted by atomic mass is 35.5. The Bertz CT molecular complexity index is 1180. The van der Waals surface area contributed by atoms with Gasteiger partial charge in [-0.25, -0.2) is 0 Å². The van der Waals surface area contributed by atoms with Gasteiger partial charge in [0.25, 0.3) is 11.8 Å². The average molecular weight is 455 g/mol. The molecule has 4 rings (SSSR count). The smallest absolute Gasteiger partial charge is 0.259 e. The average Bonchev–Trinajstić information content (AvgIpc) is 3.20. The number of methoxy groups -OCH3 is 2. The second kappa shape index (κ2) is 8.92. The van der Waals surface area contributed by atoms with Crippen LogP contribution in [0.4, 0.5) is 5.82 Å². The minimum Gasteiger partial charge on any atom is -0.493 e. The van der Waals surface area contributed by atoms with Crippen LogP contribution in [0.3, 0.4) is 0 Å². The maximum absolute atomic E-state index is 13.4. The first kappa shape index (κ1) is 21.7. The second-order valence-corrected chi connectivity index (χ2v) is 7.78. The molecule has 0 bridgehead atoms. The van der Waals surface area contributed by atoms with Crippen molar-refractivity contribution in [1.29, 1.82) is 0 Å². The number of benzene rings is 2. The fourth-order valence-corrected chi connectivity index (χ4v) is 4.12. The number of anilines is 1. The predicted octanol–water partition coefficient (Wildman–Crippen LogP) is 3.61. The number of hydrogen-bond donors (Lipinski definition) is 1. The highest BCUT2D eigenvalue weighted by Gasteiger charge is 2.33. The maximum Gasteiger partial charge on any atom is 0.259 e. The Kier molecular flexibility index (Phi) is 6.05. The highest BCUT2D eigenvalue weighted by molar-refractivity contribution is 6.33. The fraction of sp³-hybridized carbons (Fsp3) is 0.261. The van der Waals surface area contributed by atoms with Crippen molar-refractivity contribution in [3.05, 3.63) is 70.4 Å².